The largest absolute Gasteiger partial charge is 0.482 e. The molecule has 1 aromatic heterocycles. The molecule has 0 amide bonds. The molecule has 0 saturated carbocycles. The van der Waals surface area contributed by atoms with Crippen molar-refractivity contribution in [3.63, 3.8) is 0 Å². The van der Waals surface area contributed by atoms with E-state index in [9.17, 15) is 4.79 Å². The number of hydrogen-bond acceptors (Lipinski definition) is 5. The zero-order valence-corrected chi connectivity index (χ0v) is 15.1. The molecule has 0 atom stereocenters. The summed E-state index contributed by atoms with van der Waals surface area (Å²) in [5.74, 6) is 0.140. The van der Waals surface area contributed by atoms with Crippen molar-refractivity contribution in [2.24, 2.45) is 0 Å². The molecule has 1 heterocycles. The van der Waals surface area contributed by atoms with Gasteiger partial charge in [0.15, 0.2) is 6.61 Å². The van der Waals surface area contributed by atoms with Crippen LogP contribution in [0.2, 0.25) is 5.02 Å². The lowest BCUT2D eigenvalue weighted by Gasteiger charge is -2.07. The number of thiazole rings is 1. The first kappa shape index (κ1) is 17.5. The van der Waals surface area contributed by atoms with E-state index < -0.39 is 5.97 Å². The van der Waals surface area contributed by atoms with E-state index in [2.05, 4.69) is 4.98 Å². The van der Waals surface area contributed by atoms with Crippen LogP contribution in [-0.2, 0) is 16.1 Å². The standard InChI is InChI=1S/C19H16ClNO3S/c1-13-9-16(7-8-17(13)20)23-11-18(22)24-10-15-12-25-19(21-15)14-5-3-2-4-6-14/h2-9,12H,10-11H2,1H3. The summed E-state index contributed by atoms with van der Waals surface area (Å²) in [7, 11) is 0. The number of ether oxygens (including phenoxy) is 2. The lowest BCUT2D eigenvalue weighted by atomic mass is 10.2. The van der Waals surface area contributed by atoms with Crippen molar-refractivity contribution in [3.8, 4) is 16.3 Å². The van der Waals surface area contributed by atoms with Gasteiger partial charge in [0.2, 0.25) is 0 Å². The number of hydrogen-bond donors (Lipinski definition) is 0. The predicted octanol–water partition coefficient (Wildman–Crippen LogP) is 4.89. The third kappa shape index (κ3) is 4.81. The number of aromatic nitrogens is 1. The quantitative estimate of drug-likeness (QED) is 0.577. The lowest BCUT2D eigenvalue weighted by molar-refractivity contribution is -0.147. The summed E-state index contributed by atoms with van der Waals surface area (Å²) in [5, 5.41) is 3.45. The van der Waals surface area contributed by atoms with Crippen molar-refractivity contribution >= 4 is 28.9 Å². The molecule has 128 valence electrons. The Morgan fingerprint density at radius 2 is 2.00 bits per heavy atom. The minimum atomic E-state index is -0.443. The Morgan fingerprint density at radius 1 is 1.20 bits per heavy atom. The molecule has 25 heavy (non-hydrogen) atoms. The first-order valence-corrected chi connectivity index (χ1v) is 8.92. The Kier molecular flexibility index (Phi) is 5.68. The zero-order valence-electron chi connectivity index (χ0n) is 13.6. The highest BCUT2D eigenvalue weighted by atomic mass is 35.5. The van der Waals surface area contributed by atoms with Crippen LogP contribution in [-0.4, -0.2) is 17.6 Å². The molecule has 2 aromatic carbocycles. The predicted molar refractivity (Wildman–Crippen MR) is 99.0 cm³/mol. The minimum absolute atomic E-state index is 0.130. The van der Waals surface area contributed by atoms with Gasteiger partial charge in [-0.2, -0.15) is 0 Å². The van der Waals surface area contributed by atoms with Crippen LogP contribution >= 0.6 is 22.9 Å². The highest BCUT2D eigenvalue weighted by Crippen LogP contribution is 2.24. The summed E-state index contributed by atoms with van der Waals surface area (Å²) in [6, 6.07) is 15.1. The van der Waals surface area contributed by atoms with Crippen LogP contribution in [0, 0.1) is 6.92 Å². The molecule has 3 aromatic rings. The molecule has 0 spiro atoms. The van der Waals surface area contributed by atoms with Gasteiger partial charge < -0.3 is 9.47 Å². The van der Waals surface area contributed by atoms with Gasteiger partial charge in [0.1, 0.15) is 17.4 Å². The molecule has 0 bridgehead atoms. The maximum atomic E-state index is 11.8. The van der Waals surface area contributed by atoms with Crippen molar-refractivity contribution in [2.45, 2.75) is 13.5 Å². The second-order valence-electron chi connectivity index (χ2n) is 5.37. The van der Waals surface area contributed by atoms with Gasteiger partial charge >= 0.3 is 5.97 Å². The molecular weight excluding hydrogens is 358 g/mol. The number of halogens is 1. The summed E-state index contributed by atoms with van der Waals surface area (Å²) in [6.07, 6.45) is 0. The van der Waals surface area contributed by atoms with Crippen molar-refractivity contribution in [2.75, 3.05) is 6.61 Å². The van der Waals surface area contributed by atoms with Gasteiger partial charge in [-0.15, -0.1) is 11.3 Å². The first-order valence-electron chi connectivity index (χ1n) is 7.66. The fourth-order valence-electron chi connectivity index (χ4n) is 2.13. The lowest BCUT2D eigenvalue weighted by Crippen LogP contribution is -2.14. The summed E-state index contributed by atoms with van der Waals surface area (Å²) >= 11 is 7.48. The van der Waals surface area contributed by atoms with Crippen LogP contribution < -0.4 is 4.74 Å². The maximum Gasteiger partial charge on any atom is 0.344 e. The van der Waals surface area contributed by atoms with E-state index in [0.29, 0.717) is 10.8 Å². The number of rotatable bonds is 6. The van der Waals surface area contributed by atoms with Crippen LogP contribution in [0.5, 0.6) is 5.75 Å². The van der Waals surface area contributed by atoms with E-state index in [1.165, 1.54) is 11.3 Å². The molecule has 0 unspecified atom stereocenters. The summed E-state index contributed by atoms with van der Waals surface area (Å²) in [5.41, 5.74) is 2.66. The molecule has 0 aliphatic heterocycles. The van der Waals surface area contributed by atoms with Gasteiger partial charge in [-0.3, -0.25) is 0 Å². The Labute approximate surface area is 155 Å². The van der Waals surface area contributed by atoms with Crippen LogP contribution in [0.25, 0.3) is 10.6 Å². The van der Waals surface area contributed by atoms with E-state index in [1.54, 1.807) is 18.2 Å². The molecule has 0 aliphatic rings. The second kappa shape index (κ2) is 8.14. The van der Waals surface area contributed by atoms with Crippen LogP contribution in [0.1, 0.15) is 11.3 Å². The third-order valence-electron chi connectivity index (χ3n) is 3.44. The molecule has 0 radical (unpaired) electrons. The third-order valence-corrected chi connectivity index (χ3v) is 4.80. The number of nitrogens with zero attached hydrogens (tertiary/aromatic N) is 1. The van der Waals surface area contributed by atoms with Gasteiger partial charge in [0, 0.05) is 16.0 Å². The minimum Gasteiger partial charge on any atom is -0.482 e. The fraction of sp³-hybridized carbons (Fsp3) is 0.158. The summed E-state index contributed by atoms with van der Waals surface area (Å²) < 4.78 is 10.6. The van der Waals surface area contributed by atoms with Crippen molar-refractivity contribution in [3.05, 3.63) is 70.2 Å². The van der Waals surface area contributed by atoms with Gasteiger partial charge in [-0.1, -0.05) is 41.9 Å². The fourth-order valence-corrected chi connectivity index (χ4v) is 3.06. The average molecular weight is 374 g/mol. The van der Waals surface area contributed by atoms with E-state index in [1.807, 2.05) is 42.6 Å². The van der Waals surface area contributed by atoms with E-state index in [-0.39, 0.29) is 13.2 Å². The Morgan fingerprint density at radius 3 is 2.76 bits per heavy atom. The number of carbonyl (C=O) groups is 1. The first-order chi connectivity index (χ1) is 12.1. The van der Waals surface area contributed by atoms with Gasteiger partial charge in [-0.25, -0.2) is 9.78 Å². The summed E-state index contributed by atoms with van der Waals surface area (Å²) in [6.45, 7) is 1.85. The summed E-state index contributed by atoms with van der Waals surface area (Å²) in [4.78, 5) is 16.3. The van der Waals surface area contributed by atoms with Gasteiger partial charge in [0.05, 0.1) is 5.69 Å². The molecule has 4 nitrogen and oxygen atoms in total. The van der Waals surface area contributed by atoms with E-state index in [4.69, 9.17) is 21.1 Å². The molecule has 3 rings (SSSR count). The van der Waals surface area contributed by atoms with Crippen LogP contribution in [0.15, 0.2) is 53.9 Å². The Bertz CT molecular complexity index is 864. The highest BCUT2D eigenvalue weighted by Gasteiger charge is 2.09. The normalized spacial score (nSPS) is 10.5. The molecule has 0 fully saturated rings. The topological polar surface area (TPSA) is 48.4 Å². The monoisotopic (exact) mass is 373 g/mol. The molecule has 0 saturated heterocycles. The zero-order chi connectivity index (χ0) is 17.6. The van der Waals surface area contributed by atoms with Crippen molar-refractivity contribution < 1.29 is 14.3 Å². The SMILES string of the molecule is Cc1cc(OCC(=O)OCc2csc(-c3ccccc3)n2)ccc1Cl. The number of esters is 1. The smallest absolute Gasteiger partial charge is 0.344 e. The van der Waals surface area contributed by atoms with E-state index in [0.717, 1.165) is 21.8 Å². The molecular formula is C19H16ClNO3S. The second-order valence-corrected chi connectivity index (χ2v) is 6.64. The number of aryl methyl sites for hydroxylation is 1. The molecule has 6 heteroatoms. The highest BCUT2D eigenvalue weighted by molar-refractivity contribution is 7.13. The molecule has 0 aliphatic carbocycles. The number of benzene rings is 2. The van der Waals surface area contributed by atoms with Gasteiger partial charge in [0.25, 0.3) is 0 Å². The Balaban J connectivity index is 1.49. The van der Waals surface area contributed by atoms with Gasteiger partial charge in [-0.05, 0) is 30.7 Å². The maximum absolute atomic E-state index is 11.8. The Hall–Kier alpha value is -2.37. The number of carbonyl (C=O) groups excluding carboxylic acids is 1. The van der Waals surface area contributed by atoms with E-state index >= 15 is 0 Å². The molecule has 0 N–H and O–H groups in total. The van der Waals surface area contributed by atoms with Crippen molar-refractivity contribution in [1.29, 1.82) is 0 Å². The van der Waals surface area contributed by atoms with Crippen LogP contribution in [0.3, 0.4) is 0 Å². The average Bonchev–Trinajstić information content (AvgIpc) is 3.11. The van der Waals surface area contributed by atoms with Crippen molar-refractivity contribution in [1.82, 2.24) is 4.98 Å². The van der Waals surface area contributed by atoms with Crippen LogP contribution in [0.4, 0.5) is 0 Å².